The molecule has 0 saturated heterocycles. The molecule has 0 unspecified atom stereocenters. The van der Waals surface area contributed by atoms with Gasteiger partial charge in [0.15, 0.2) is 0 Å². The zero-order valence-electron chi connectivity index (χ0n) is 15.5. The number of nitrogens with zero attached hydrogens (tertiary/aromatic N) is 1. The zero-order valence-corrected chi connectivity index (χ0v) is 16.3. The van der Waals surface area contributed by atoms with E-state index >= 15 is 0 Å². The van der Waals surface area contributed by atoms with Crippen molar-refractivity contribution in [2.24, 2.45) is 0 Å². The highest BCUT2D eigenvalue weighted by Gasteiger charge is 2.22. The molecule has 0 spiro atoms. The van der Waals surface area contributed by atoms with Gasteiger partial charge in [-0.1, -0.05) is 17.7 Å². The Morgan fingerprint density at radius 1 is 1.15 bits per heavy atom. The van der Waals surface area contributed by atoms with Crippen molar-refractivity contribution in [3.63, 3.8) is 0 Å². The first-order chi connectivity index (χ1) is 12.7. The van der Waals surface area contributed by atoms with E-state index in [-0.39, 0.29) is 25.5 Å². The first-order valence-corrected chi connectivity index (χ1v) is 10.2. The average Bonchev–Trinajstić information content (AvgIpc) is 2.58. The smallest absolute Gasteiger partial charge is 0.240 e. The topological polar surface area (TPSA) is 75.7 Å². The van der Waals surface area contributed by atoms with Crippen molar-refractivity contribution in [2.75, 3.05) is 30.3 Å². The van der Waals surface area contributed by atoms with Gasteiger partial charge in [-0.25, -0.2) is 12.8 Å². The van der Waals surface area contributed by atoms with Gasteiger partial charge in [0, 0.05) is 0 Å². The number of anilines is 1. The Labute approximate surface area is 159 Å². The molecule has 8 heteroatoms. The third-order valence-electron chi connectivity index (χ3n) is 3.82. The van der Waals surface area contributed by atoms with Gasteiger partial charge in [0.25, 0.3) is 0 Å². The lowest BCUT2D eigenvalue weighted by atomic mass is 10.1. The second-order valence-electron chi connectivity index (χ2n) is 6.21. The normalized spacial score (nSPS) is 11.1. The van der Waals surface area contributed by atoms with Gasteiger partial charge in [0.05, 0.1) is 18.5 Å². The van der Waals surface area contributed by atoms with Crippen molar-refractivity contribution in [1.82, 2.24) is 5.32 Å². The number of aryl methyl sites for hydroxylation is 2. The summed E-state index contributed by atoms with van der Waals surface area (Å²) in [7, 11) is -3.62. The maximum absolute atomic E-state index is 12.8. The second-order valence-corrected chi connectivity index (χ2v) is 8.12. The van der Waals surface area contributed by atoms with E-state index in [1.165, 1.54) is 24.3 Å². The quantitative estimate of drug-likeness (QED) is 0.698. The summed E-state index contributed by atoms with van der Waals surface area (Å²) in [6.45, 7) is 3.77. The summed E-state index contributed by atoms with van der Waals surface area (Å²) in [5.41, 5.74) is 2.25. The number of hydrogen-bond donors (Lipinski definition) is 1. The predicted octanol–water partition coefficient (Wildman–Crippen LogP) is 2.40. The third-order valence-corrected chi connectivity index (χ3v) is 4.94. The van der Waals surface area contributed by atoms with Crippen molar-refractivity contribution in [3.05, 3.63) is 59.4 Å². The van der Waals surface area contributed by atoms with Crippen LogP contribution in [-0.4, -0.2) is 40.3 Å². The van der Waals surface area contributed by atoms with E-state index in [0.717, 1.165) is 21.7 Å². The van der Waals surface area contributed by atoms with Gasteiger partial charge in [-0.15, -0.1) is 0 Å². The van der Waals surface area contributed by atoms with Crippen molar-refractivity contribution >= 4 is 21.6 Å². The summed E-state index contributed by atoms with van der Waals surface area (Å²) < 4.78 is 43.6. The Morgan fingerprint density at radius 2 is 1.81 bits per heavy atom. The molecule has 2 aromatic carbocycles. The van der Waals surface area contributed by atoms with Crippen LogP contribution in [0.1, 0.15) is 11.1 Å². The summed E-state index contributed by atoms with van der Waals surface area (Å²) in [6, 6.07) is 10.9. The molecule has 0 atom stereocenters. The molecule has 0 heterocycles. The minimum absolute atomic E-state index is 0.180. The van der Waals surface area contributed by atoms with Gasteiger partial charge >= 0.3 is 0 Å². The van der Waals surface area contributed by atoms with Crippen LogP contribution in [0.25, 0.3) is 0 Å². The number of carbonyl (C=O) groups is 1. The molecule has 0 aliphatic rings. The van der Waals surface area contributed by atoms with Gasteiger partial charge in [0.1, 0.15) is 24.7 Å². The standard InChI is InChI=1S/C19H23FN2O4S/c1-14-4-9-18(15(2)12-14)22(27(3,24)25)13-19(23)21-10-11-26-17-7-5-16(20)6-8-17/h4-9,12H,10-11,13H2,1-3H3,(H,21,23). The van der Waals surface area contributed by atoms with Crippen LogP contribution in [0, 0.1) is 19.7 Å². The Kier molecular flexibility index (Phi) is 6.79. The number of hydrogen-bond acceptors (Lipinski definition) is 4. The molecule has 146 valence electrons. The molecule has 0 saturated carbocycles. The van der Waals surface area contributed by atoms with Crippen LogP contribution in [-0.2, 0) is 14.8 Å². The van der Waals surface area contributed by atoms with Crippen LogP contribution in [0.5, 0.6) is 5.75 Å². The number of nitrogens with one attached hydrogen (secondary N) is 1. The van der Waals surface area contributed by atoms with Gasteiger partial charge < -0.3 is 10.1 Å². The van der Waals surface area contributed by atoms with Crippen LogP contribution in [0.3, 0.4) is 0 Å². The molecule has 2 aromatic rings. The van der Waals surface area contributed by atoms with E-state index in [0.29, 0.717) is 11.4 Å². The van der Waals surface area contributed by atoms with Crippen LogP contribution in [0.15, 0.2) is 42.5 Å². The molecule has 1 N–H and O–H groups in total. The number of ether oxygens (including phenoxy) is 1. The number of amides is 1. The molecule has 0 aliphatic carbocycles. The minimum atomic E-state index is -3.62. The minimum Gasteiger partial charge on any atom is -0.492 e. The van der Waals surface area contributed by atoms with Gasteiger partial charge in [-0.05, 0) is 49.7 Å². The summed E-state index contributed by atoms with van der Waals surface area (Å²) in [5.74, 6) is -0.315. The molecule has 2 rings (SSSR count). The molecular formula is C19H23FN2O4S. The number of rotatable bonds is 8. The van der Waals surface area contributed by atoms with Crippen molar-refractivity contribution in [3.8, 4) is 5.75 Å². The zero-order chi connectivity index (χ0) is 20.0. The molecule has 0 aliphatic heterocycles. The monoisotopic (exact) mass is 394 g/mol. The summed E-state index contributed by atoms with van der Waals surface area (Å²) >= 11 is 0. The number of carbonyl (C=O) groups excluding carboxylic acids is 1. The number of benzene rings is 2. The molecule has 27 heavy (non-hydrogen) atoms. The Balaban J connectivity index is 1.93. The molecule has 0 radical (unpaired) electrons. The van der Waals surface area contributed by atoms with E-state index in [2.05, 4.69) is 5.32 Å². The molecule has 0 aromatic heterocycles. The van der Waals surface area contributed by atoms with E-state index in [1.54, 1.807) is 19.1 Å². The number of halogens is 1. The van der Waals surface area contributed by atoms with Crippen LogP contribution >= 0.6 is 0 Å². The van der Waals surface area contributed by atoms with E-state index in [1.807, 2.05) is 13.0 Å². The van der Waals surface area contributed by atoms with Crippen LogP contribution < -0.4 is 14.4 Å². The van der Waals surface area contributed by atoms with E-state index in [4.69, 9.17) is 4.74 Å². The fourth-order valence-electron chi connectivity index (χ4n) is 2.54. The van der Waals surface area contributed by atoms with E-state index in [9.17, 15) is 17.6 Å². The van der Waals surface area contributed by atoms with Gasteiger partial charge in [-0.3, -0.25) is 9.10 Å². The summed E-state index contributed by atoms with van der Waals surface area (Å²) in [6.07, 6.45) is 1.07. The fraction of sp³-hybridized carbons (Fsp3) is 0.316. The van der Waals surface area contributed by atoms with Crippen molar-refractivity contribution in [1.29, 1.82) is 0 Å². The molecule has 0 bridgehead atoms. The third kappa shape index (κ3) is 6.25. The average molecular weight is 394 g/mol. The Hall–Kier alpha value is -2.61. The SMILES string of the molecule is Cc1ccc(N(CC(=O)NCCOc2ccc(F)cc2)S(C)(=O)=O)c(C)c1. The van der Waals surface area contributed by atoms with Crippen LogP contribution in [0.2, 0.25) is 0 Å². The van der Waals surface area contributed by atoms with E-state index < -0.39 is 15.9 Å². The molecular weight excluding hydrogens is 371 g/mol. The highest BCUT2D eigenvalue weighted by atomic mass is 32.2. The summed E-state index contributed by atoms with van der Waals surface area (Å²) in [5, 5.41) is 2.62. The maximum Gasteiger partial charge on any atom is 0.240 e. The first kappa shape index (κ1) is 20.7. The molecule has 0 fully saturated rings. The first-order valence-electron chi connectivity index (χ1n) is 8.37. The predicted molar refractivity (Wildman–Crippen MR) is 103 cm³/mol. The Bertz CT molecular complexity index is 898. The molecule has 6 nitrogen and oxygen atoms in total. The second kappa shape index (κ2) is 8.85. The van der Waals surface area contributed by atoms with Crippen molar-refractivity contribution < 1.29 is 22.3 Å². The highest BCUT2D eigenvalue weighted by Crippen LogP contribution is 2.23. The highest BCUT2D eigenvalue weighted by molar-refractivity contribution is 7.92. The summed E-state index contributed by atoms with van der Waals surface area (Å²) in [4.78, 5) is 12.2. The largest absolute Gasteiger partial charge is 0.492 e. The van der Waals surface area contributed by atoms with Gasteiger partial charge in [0.2, 0.25) is 15.9 Å². The lowest BCUT2D eigenvalue weighted by molar-refractivity contribution is -0.119. The maximum atomic E-state index is 12.8. The lowest BCUT2D eigenvalue weighted by Crippen LogP contribution is -2.41. The fourth-order valence-corrected chi connectivity index (χ4v) is 3.46. The number of sulfonamides is 1. The van der Waals surface area contributed by atoms with Gasteiger partial charge in [-0.2, -0.15) is 0 Å². The lowest BCUT2D eigenvalue weighted by Gasteiger charge is -2.24. The molecule has 1 amide bonds. The Morgan fingerprint density at radius 3 is 2.41 bits per heavy atom. The van der Waals surface area contributed by atoms with Crippen LogP contribution in [0.4, 0.5) is 10.1 Å². The van der Waals surface area contributed by atoms with Crippen molar-refractivity contribution in [2.45, 2.75) is 13.8 Å².